The number of halogens is 1. The molecule has 2 aromatic carbocycles. The first-order valence-electron chi connectivity index (χ1n) is 10.8. The maximum atomic E-state index is 15.0. The van der Waals surface area contributed by atoms with Crippen molar-refractivity contribution < 1.29 is 13.6 Å². The molecule has 1 aromatic heterocycles. The average molecular weight is 394 g/mol. The van der Waals surface area contributed by atoms with E-state index >= 15 is 0 Å². The molecule has 148 valence electrons. The van der Waals surface area contributed by atoms with Gasteiger partial charge in [-0.2, -0.15) is 4.98 Å². The van der Waals surface area contributed by atoms with Gasteiger partial charge < -0.3 is 10.0 Å². The molecule has 1 aliphatic rings. The van der Waals surface area contributed by atoms with Crippen molar-refractivity contribution in [1.29, 1.82) is 0 Å². The predicted octanol–water partition coefficient (Wildman–Crippen LogP) is 3.28. The second-order valence-corrected chi connectivity index (χ2v) is 7.55. The lowest BCUT2D eigenvalue weighted by Gasteiger charge is -2.32. The topological polar surface area (TPSA) is 58.4 Å². The molecule has 0 atom stereocenters. The zero-order chi connectivity index (χ0) is 23.3. The van der Waals surface area contributed by atoms with Crippen LogP contribution in [-0.2, 0) is 13.4 Å². The van der Waals surface area contributed by atoms with E-state index in [0.29, 0.717) is 17.5 Å². The zero-order valence-corrected chi connectivity index (χ0v) is 16.2. The highest BCUT2D eigenvalue weighted by Crippen LogP contribution is 2.37. The maximum absolute atomic E-state index is 15.0. The molecular formula is C23H22FN3O2. The van der Waals surface area contributed by atoms with Crippen LogP contribution in [-0.4, -0.2) is 26.8 Å². The molecule has 5 nitrogen and oxygen atoms in total. The highest BCUT2D eigenvalue weighted by atomic mass is 19.1. The van der Waals surface area contributed by atoms with E-state index in [0.717, 1.165) is 23.2 Å². The van der Waals surface area contributed by atoms with Gasteiger partial charge in [0, 0.05) is 28.9 Å². The minimum atomic E-state index is -2.80. The zero-order valence-electron chi connectivity index (χ0n) is 19.2. The number of fused-ring (bicyclic) bond motifs is 2. The smallest absolute Gasteiger partial charge is 0.349 e. The van der Waals surface area contributed by atoms with Crippen molar-refractivity contribution in [3.05, 3.63) is 63.8 Å². The second-order valence-electron chi connectivity index (χ2n) is 7.55. The van der Waals surface area contributed by atoms with E-state index in [4.69, 9.17) is 4.11 Å². The SMILES string of the molecule is [2H]C([2H])([2H])n1c(=O)nc(N2CCCc3c(C#CC(C)(C)O)cccc32)c2c(F)cccc21. The molecule has 0 spiro atoms. The molecule has 29 heavy (non-hydrogen) atoms. The molecule has 0 saturated carbocycles. The van der Waals surface area contributed by atoms with Crippen molar-refractivity contribution >= 4 is 22.4 Å². The van der Waals surface area contributed by atoms with Gasteiger partial charge in [-0.3, -0.25) is 4.57 Å². The van der Waals surface area contributed by atoms with Crippen LogP contribution < -0.4 is 10.6 Å². The third-order valence-electron chi connectivity index (χ3n) is 4.86. The summed E-state index contributed by atoms with van der Waals surface area (Å²) in [4.78, 5) is 18.5. The minimum absolute atomic E-state index is 0.0240. The number of aryl methyl sites for hydroxylation is 1. The lowest BCUT2D eigenvalue weighted by atomic mass is 9.95. The number of benzene rings is 2. The van der Waals surface area contributed by atoms with Gasteiger partial charge >= 0.3 is 5.69 Å². The summed E-state index contributed by atoms with van der Waals surface area (Å²) in [7, 11) is 0. The maximum Gasteiger partial charge on any atom is 0.349 e. The van der Waals surface area contributed by atoms with E-state index in [-0.39, 0.29) is 16.7 Å². The van der Waals surface area contributed by atoms with Gasteiger partial charge in [-0.25, -0.2) is 9.18 Å². The first-order valence-corrected chi connectivity index (χ1v) is 9.34. The van der Waals surface area contributed by atoms with Crippen LogP contribution in [0.4, 0.5) is 15.9 Å². The summed E-state index contributed by atoms with van der Waals surface area (Å²) < 4.78 is 38.7. The molecule has 0 amide bonds. The highest BCUT2D eigenvalue weighted by molar-refractivity contribution is 5.93. The highest BCUT2D eigenvalue weighted by Gasteiger charge is 2.25. The van der Waals surface area contributed by atoms with E-state index < -0.39 is 24.1 Å². The summed E-state index contributed by atoms with van der Waals surface area (Å²) in [5.41, 5.74) is 0.199. The molecule has 6 heteroatoms. The van der Waals surface area contributed by atoms with Crippen LogP contribution in [0.2, 0.25) is 0 Å². The van der Waals surface area contributed by atoms with Crippen LogP contribution in [0.5, 0.6) is 0 Å². The Kier molecular flexibility index (Phi) is 3.80. The molecule has 0 fully saturated rings. The van der Waals surface area contributed by atoms with Crippen molar-refractivity contribution in [1.82, 2.24) is 9.55 Å². The molecule has 0 bridgehead atoms. The number of aliphatic hydroxyl groups is 1. The van der Waals surface area contributed by atoms with E-state index in [2.05, 4.69) is 16.8 Å². The van der Waals surface area contributed by atoms with Crippen LogP contribution >= 0.6 is 0 Å². The van der Waals surface area contributed by atoms with E-state index in [1.165, 1.54) is 18.2 Å². The standard InChI is InChI=1S/C23H22FN3O2/c1-23(2,29)13-12-15-7-4-10-18-16(15)8-6-14-27(18)21-20-17(24)9-5-11-19(20)26(3)22(28)25-21/h4-5,7,9-11,29H,6,8,14H2,1-3H3/i3D3. The van der Waals surface area contributed by atoms with E-state index in [1.807, 2.05) is 12.1 Å². The predicted molar refractivity (Wildman–Crippen MR) is 112 cm³/mol. The van der Waals surface area contributed by atoms with Crippen molar-refractivity contribution in [2.45, 2.75) is 32.3 Å². The third-order valence-corrected chi connectivity index (χ3v) is 4.86. The van der Waals surface area contributed by atoms with Crippen molar-refractivity contribution in [3.8, 4) is 11.8 Å². The average Bonchev–Trinajstić information content (AvgIpc) is 2.69. The Morgan fingerprint density at radius 3 is 2.83 bits per heavy atom. The number of rotatable bonds is 1. The van der Waals surface area contributed by atoms with Gasteiger partial charge in [0.25, 0.3) is 0 Å². The monoisotopic (exact) mass is 394 g/mol. The van der Waals surface area contributed by atoms with Gasteiger partial charge in [-0.1, -0.05) is 24.0 Å². The molecule has 1 aliphatic heterocycles. The minimum Gasteiger partial charge on any atom is -0.378 e. The lowest BCUT2D eigenvalue weighted by molar-refractivity contribution is 0.143. The number of nitrogens with zero attached hydrogens (tertiary/aromatic N) is 3. The van der Waals surface area contributed by atoms with Gasteiger partial charge in [-0.15, -0.1) is 0 Å². The molecule has 2 heterocycles. The summed E-state index contributed by atoms with van der Waals surface area (Å²) >= 11 is 0. The molecule has 1 N–H and O–H groups in total. The largest absolute Gasteiger partial charge is 0.378 e. The summed E-state index contributed by atoms with van der Waals surface area (Å²) in [5, 5.41) is 9.94. The summed E-state index contributed by atoms with van der Waals surface area (Å²) in [5.74, 6) is 5.24. The fourth-order valence-corrected chi connectivity index (χ4v) is 3.60. The Morgan fingerprint density at radius 2 is 2.07 bits per heavy atom. The van der Waals surface area contributed by atoms with Crippen LogP contribution in [0.1, 0.15) is 35.5 Å². The fourth-order valence-electron chi connectivity index (χ4n) is 3.60. The molecular weight excluding hydrogens is 369 g/mol. The molecule has 0 radical (unpaired) electrons. The normalized spacial score (nSPS) is 15.7. The molecule has 4 rings (SSSR count). The van der Waals surface area contributed by atoms with Crippen LogP contribution in [0, 0.1) is 17.7 Å². The first kappa shape index (κ1) is 15.7. The quantitative estimate of drug-likeness (QED) is 0.644. The summed E-state index contributed by atoms with van der Waals surface area (Å²) in [6.07, 6.45) is 1.42. The number of hydrogen-bond acceptors (Lipinski definition) is 4. The molecule has 3 aromatic rings. The Morgan fingerprint density at radius 1 is 1.28 bits per heavy atom. The fraction of sp³-hybridized carbons (Fsp3) is 0.304. The number of anilines is 2. The number of hydrogen-bond donors (Lipinski definition) is 1. The Balaban J connectivity index is 1.97. The van der Waals surface area contributed by atoms with E-state index in [9.17, 15) is 14.3 Å². The van der Waals surface area contributed by atoms with Gasteiger partial charge in [-0.05, 0) is 56.5 Å². The second kappa shape index (κ2) is 7.02. The molecule has 0 aliphatic carbocycles. The van der Waals surface area contributed by atoms with Gasteiger partial charge in [0.2, 0.25) is 0 Å². The van der Waals surface area contributed by atoms with Crippen LogP contribution in [0.3, 0.4) is 0 Å². The van der Waals surface area contributed by atoms with Crippen LogP contribution in [0.25, 0.3) is 10.9 Å². The first-order chi connectivity index (χ1) is 15.0. The summed E-state index contributed by atoms with van der Waals surface area (Å²) in [6.45, 7) is 0.873. The van der Waals surface area contributed by atoms with Crippen molar-refractivity contribution in [2.24, 2.45) is 6.98 Å². The van der Waals surface area contributed by atoms with E-state index in [1.54, 1.807) is 24.8 Å². The molecule has 0 saturated heterocycles. The Labute approximate surface area is 172 Å². The third kappa shape index (κ3) is 3.50. The number of aromatic nitrogens is 2. The van der Waals surface area contributed by atoms with Gasteiger partial charge in [0.1, 0.15) is 11.4 Å². The molecule has 0 unspecified atom stereocenters. The summed E-state index contributed by atoms with van der Waals surface area (Å²) in [6, 6.07) is 9.49. The van der Waals surface area contributed by atoms with Crippen LogP contribution in [0.15, 0.2) is 41.2 Å². The van der Waals surface area contributed by atoms with Gasteiger partial charge in [0.05, 0.1) is 10.9 Å². The lowest BCUT2D eigenvalue weighted by Crippen LogP contribution is -2.30. The van der Waals surface area contributed by atoms with Gasteiger partial charge in [0.15, 0.2) is 5.82 Å². The Hall–Kier alpha value is -3.17. The van der Waals surface area contributed by atoms with Crippen molar-refractivity contribution in [3.63, 3.8) is 0 Å². The Bertz CT molecular complexity index is 1330. The van der Waals surface area contributed by atoms with Crippen molar-refractivity contribution in [2.75, 3.05) is 11.4 Å².